The van der Waals surface area contributed by atoms with Gasteiger partial charge >= 0.3 is 0 Å². The summed E-state index contributed by atoms with van der Waals surface area (Å²) in [5.74, 6) is 0.0719. The number of hydrogen-bond acceptors (Lipinski definition) is 3. The van der Waals surface area contributed by atoms with Crippen LogP contribution in [0.1, 0.15) is 39.5 Å². The normalized spacial score (nSPS) is 23.4. The van der Waals surface area contributed by atoms with E-state index < -0.39 is 0 Å². The molecule has 90 valence electrons. The predicted molar refractivity (Wildman–Crippen MR) is 62.7 cm³/mol. The molecule has 4 nitrogen and oxygen atoms in total. The van der Waals surface area contributed by atoms with Gasteiger partial charge in [-0.25, -0.2) is 0 Å². The quantitative estimate of drug-likeness (QED) is 0.703. The van der Waals surface area contributed by atoms with Crippen molar-refractivity contribution < 1.29 is 4.79 Å². The Morgan fingerprint density at radius 3 is 3.00 bits per heavy atom. The lowest BCUT2D eigenvalue weighted by atomic mass is 9.77. The number of nitrogens with one attached hydrogen (secondary N) is 2. The highest BCUT2D eigenvalue weighted by Crippen LogP contribution is 2.29. The molecule has 0 radical (unpaired) electrons. The van der Waals surface area contributed by atoms with Crippen LogP contribution in [0.15, 0.2) is 0 Å². The third kappa shape index (κ3) is 3.49. The van der Waals surface area contributed by atoms with Gasteiger partial charge in [0.05, 0.1) is 12.1 Å². The molecule has 0 aromatic heterocycles. The van der Waals surface area contributed by atoms with Crippen molar-refractivity contribution in [2.45, 2.75) is 45.6 Å². The number of nitrogens with zero attached hydrogens (tertiary/aromatic N) is 1. The summed E-state index contributed by atoms with van der Waals surface area (Å²) in [6.07, 6.45) is 3.44. The van der Waals surface area contributed by atoms with E-state index in [1.165, 1.54) is 0 Å². The van der Waals surface area contributed by atoms with Crippen LogP contribution in [-0.2, 0) is 4.79 Å². The number of piperidine rings is 1. The van der Waals surface area contributed by atoms with Gasteiger partial charge in [-0.2, -0.15) is 5.26 Å². The molecule has 1 saturated heterocycles. The van der Waals surface area contributed by atoms with Crippen LogP contribution < -0.4 is 10.6 Å². The third-order valence-corrected chi connectivity index (χ3v) is 3.15. The van der Waals surface area contributed by atoms with Crippen molar-refractivity contribution in [3.8, 4) is 6.07 Å². The monoisotopic (exact) mass is 223 g/mol. The molecule has 16 heavy (non-hydrogen) atoms. The second-order valence-electron chi connectivity index (χ2n) is 5.03. The van der Waals surface area contributed by atoms with E-state index in [-0.39, 0.29) is 17.4 Å². The van der Waals surface area contributed by atoms with Gasteiger partial charge in [-0.15, -0.1) is 0 Å². The minimum Gasteiger partial charge on any atom is -0.355 e. The first kappa shape index (κ1) is 13.0. The van der Waals surface area contributed by atoms with Crippen molar-refractivity contribution in [2.75, 3.05) is 13.1 Å². The fourth-order valence-corrected chi connectivity index (χ4v) is 2.14. The average molecular weight is 223 g/mol. The molecule has 1 fully saturated rings. The summed E-state index contributed by atoms with van der Waals surface area (Å²) < 4.78 is 0. The predicted octanol–water partition coefficient (Wildman–Crippen LogP) is 1.18. The SMILES string of the molecule is CC1(C)CCCNC1C(=O)NCCCC#N. The Balaban J connectivity index is 2.37. The van der Waals surface area contributed by atoms with Gasteiger partial charge in [0.15, 0.2) is 0 Å². The Hall–Kier alpha value is -1.08. The maximum Gasteiger partial charge on any atom is 0.237 e. The van der Waals surface area contributed by atoms with Crippen molar-refractivity contribution in [1.29, 1.82) is 5.26 Å². The molecule has 1 atom stereocenters. The van der Waals surface area contributed by atoms with Gasteiger partial charge in [0, 0.05) is 13.0 Å². The van der Waals surface area contributed by atoms with Crippen LogP contribution >= 0.6 is 0 Å². The van der Waals surface area contributed by atoms with E-state index in [2.05, 4.69) is 30.6 Å². The fraction of sp³-hybridized carbons (Fsp3) is 0.833. The summed E-state index contributed by atoms with van der Waals surface area (Å²) >= 11 is 0. The largest absolute Gasteiger partial charge is 0.355 e. The first-order valence-corrected chi connectivity index (χ1v) is 5.96. The molecule has 0 saturated carbocycles. The molecule has 1 heterocycles. The molecule has 1 unspecified atom stereocenters. The van der Waals surface area contributed by atoms with E-state index in [0.717, 1.165) is 25.8 Å². The number of carbonyl (C=O) groups excluding carboxylic acids is 1. The molecule has 1 amide bonds. The molecule has 1 rings (SSSR count). The van der Waals surface area contributed by atoms with Gasteiger partial charge in [-0.05, 0) is 31.2 Å². The number of nitriles is 1. The Morgan fingerprint density at radius 1 is 1.62 bits per heavy atom. The van der Waals surface area contributed by atoms with Gasteiger partial charge in [-0.3, -0.25) is 4.79 Å². The maximum absolute atomic E-state index is 11.9. The average Bonchev–Trinajstić information content (AvgIpc) is 2.23. The highest BCUT2D eigenvalue weighted by atomic mass is 16.2. The van der Waals surface area contributed by atoms with Gasteiger partial charge in [0.25, 0.3) is 0 Å². The molecule has 0 aromatic carbocycles. The van der Waals surface area contributed by atoms with E-state index >= 15 is 0 Å². The zero-order chi connectivity index (χ0) is 12.0. The minimum atomic E-state index is -0.0941. The summed E-state index contributed by atoms with van der Waals surface area (Å²) in [6.45, 7) is 5.76. The van der Waals surface area contributed by atoms with Crippen LogP contribution in [-0.4, -0.2) is 25.0 Å². The number of carbonyl (C=O) groups is 1. The number of amides is 1. The molecule has 0 bridgehead atoms. The van der Waals surface area contributed by atoms with Gasteiger partial charge in [0.2, 0.25) is 5.91 Å². The molecule has 0 aliphatic carbocycles. The van der Waals surface area contributed by atoms with Crippen molar-refractivity contribution in [1.82, 2.24) is 10.6 Å². The van der Waals surface area contributed by atoms with Crippen LogP contribution in [0.25, 0.3) is 0 Å². The first-order chi connectivity index (χ1) is 7.58. The molecular formula is C12H21N3O. The highest BCUT2D eigenvalue weighted by molar-refractivity contribution is 5.82. The molecule has 1 aliphatic rings. The molecule has 0 aromatic rings. The Kier molecular flexibility index (Phi) is 4.75. The zero-order valence-corrected chi connectivity index (χ0v) is 10.2. The molecule has 4 heteroatoms. The van der Waals surface area contributed by atoms with E-state index in [9.17, 15) is 4.79 Å². The number of rotatable bonds is 4. The van der Waals surface area contributed by atoms with Crippen molar-refractivity contribution >= 4 is 5.91 Å². The molecule has 0 spiro atoms. The minimum absolute atomic E-state index is 0.0254. The summed E-state index contributed by atoms with van der Waals surface area (Å²) in [5.41, 5.74) is 0.0254. The molecule has 2 N–H and O–H groups in total. The van der Waals surface area contributed by atoms with E-state index in [0.29, 0.717) is 13.0 Å². The smallest absolute Gasteiger partial charge is 0.237 e. The van der Waals surface area contributed by atoms with Gasteiger partial charge in [0.1, 0.15) is 0 Å². The Morgan fingerprint density at radius 2 is 2.38 bits per heavy atom. The number of hydrogen-bond donors (Lipinski definition) is 2. The highest BCUT2D eigenvalue weighted by Gasteiger charge is 2.36. The van der Waals surface area contributed by atoms with Crippen molar-refractivity contribution in [2.24, 2.45) is 5.41 Å². The Bertz CT molecular complexity index is 280. The summed E-state index contributed by atoms with van der Waals surface area (Å²) in [6, 6.07) is 1.98. The summed E-state index contributed by atoms with van der Waals surface area (Å²) in [7, 11) is 0. The summed E-state index contributed by atoms with van der Waals surface area (Å²) in [5, 5.41) is 14.6. The molecular weight excluding hydrogens is 202 g/mol. The van der Waals surface area contributed by atoms with Crippen LogP contribution in [0.5, 0.6) is 0 Å². The van der Waals surface area contributed by atoms with Gasteiger partial charge < -0.3 is 10.6 Å². The Labute approximate surface area is 97.4 Å². The lowest BCUT2D eigenvalue weighted by molar-refractivity contribution is -0.126. The van der Waals surface area contributed by atoms with Crippen LogP contribution in [0.2, 0.25) is 0 Å². The van der Waals surface area contributed by atoms with Gasteiger partial charge in [-0.1, -0.05) is 13.8 Å². The van der Waals surface area contributed by atoms with E-state index in [1.54, 1.807) is 0 Å². The third-order valence-electron chi connectivity index (χ3n) is 3.15. The van der Waals surface area contributed by atoms with Crippen molar-refractivity contribution in [3.63, 3.8) is 0 Å². The van der Waals surface area contributed by atoms with Crippen LogP contribution in [0.4, 0.5) is 0 Å². The second kappa shape index (κ2) is 5.86. The topological polar surface area (TPSA) is 64.9 Å². The van der Waals surface area contributed by atoms with Crippen LogP contribution in [0, 0.1) is 16.7 Å². The number of unbranched alkanes of at least 4 members (excludes halogenated alkanes) is 1. The second-order valence-corrected chi connectivity index (χ2v) is 5.03. The zero-order valence-electron chi connectivity index (χ0n) is 10.2. The standard InChI is InChI=1S/C12H21N3O/c1-12(2)6-5-9-14-10(12)11(16)15-8-4-3-7-13/h10,14H,3-6,8-9H2,1-2H3,(H,15,16). The van der Waals surface area contributed by atoms with Crippen LogP contribution in [0.3, 0.4) is 0 Å². The van der Waals surface area contributed by atoms with E-state index in [4.69, 9.17) is 5.26 Å². The fourth-order valence-electron chi connectivity index (χ4n) is 2.14. The molecule has 1 aliphatic heterocycles. The van der Waals surface area contributed by atoms with Crippen molar-refractivity contribution in [3.05, 3.63) is 0 Å². The summed E-state index contributed by atoms with van der Waals surface area (Å²) in [4.78, 5) is 11.9. The van der Waals surface area contributed by atoms with E-state index in [1.807, 2.05) is 0 Å². The lowest BCUT2D eigenvalue weighted by Crippen LogP contribution is -2.55. The lowest BCUT2D eigenvalue weighted by Gasteiger charge is -2.38. The maximum atomic E-state index is 11.9. The first-order valence-electron chi connectivity index (χ1n) is 5.96.